The Hall–Kier alpha value is -3.09. The van der Waals surface area contributed by atoms with E-state index in [2.05, 4.69) is 15.0 Å². The smallest absolute Gasteiger partial charge is 0.160 e. The zero-order valence-corrected chi connectivity index (χ0v) is 14.2. The largest absolute Gasteiger partial charge is 0.323 e. The molecule has 7 heteroatoms. The van der Waals surface area contributed by atoms with E-state index in [1.165, 1.54) is 6.07 Å². The van der Waals surface area contributed by atoms with E-state index < -0.39 is 6.67 Å². The second-order valence-corrected chi connectivity index (χ2v) is 6.06. The molecule has 0 aliphatic rings. The van der Waals surface area contributed by atoms with Gasteiger partial charge in [-0.15, -0.1) is 0 Å². The summed E-state index contributed by atoms with van der Waals surface area (Å²) in [4.78, 5) is 13.2. The molecule has 0 aliphatic heterocycles. The Morgan fingerprint density at radius 2 is 2.00 bits per heavy atom. The summed E-state index contributed by atoms with van der Waals surface area (Å²) in [6.45, 7) is 1.79. The molecule has 4 rings (SSSR count). The molecule has 0 amide bonds. The highest BCUT2D eigenvalue weighted by Crippen LogP contribution is 2.22. The third-order valence-electron chi connectivity index (χ3n) is 4.35. The highest BCUT2D eigenvalue weighted by Gasteiger charge is 2.15. The molecule has 0 N–H and O–H groups in total. The van der Waals surface area contributed by atoms with Gasteiger partial charge in [0.05, 0.1) is 13.1 Å². The Labute approximate surface area is 149 Å². The Morgan fingerprint density at radius 3 is 2.81 bits per heavy atom. The van der Waals surface area contributed by atoms with Crippen LogP contribution in [0.1, 0.15) is 11.4 Å². The highest BCUT2D eigenvalue weighted by molar-refractivity contribution is 5.71. The molecule has 4 aromatic rings. The van der Waals surface area contributed by atoms with Gasteiger partial charge in [-0.2, -0.15) is 0 Å². The van der Waals surface area contributed by atoms with Crippen LogP contribution < -0.4 is 0 Å². The van der Waals surface area contributed by atoms with Crippen LogP contribution in [0.2, 0.25) is 0 Å². The van der Waals surface area contributed by atoms with Gasteiger partial charge in [0.25, 0.3) is 0 Å². The molecule has 0 radical (unpaired) electrons. The van der Waals surface area contributed by atoms with Crippen LogP contribution in [0.5, 0.6) is 0 Å². The monoisotopic (exact) mass is 353 g/mol. The van der Waals surface area contributed by atoms with Gasteiger partial charge in [-0.1, -0.05) is 12.1 Å². The predicted molar refractivity (Wildman–Crippen MR) is 95.0 cm³/mol. The Bertz CT molecular complexity index is 1070. The molecule has 5 nitrogen and oxygen atoms in total. The molecule has 0 saturated heterocycles. The number of imidazole rings is 2. The van der Waals surface area contributed by atoms with E-state index in [0.29, 0.717) is 35.0 Å². The van der Waals surface area contributed by atoms with Crippen molar-refractivity contribution in [1.29, 1.82) is 0 Å². The maximum Gasteiger partial charge on any atom is 0.160 e. The van der Waals surface area contributed by atoms with Gasteiger partial charge in [0, 0.05) is 24.2 Å². The van der Waals surface area contributed by atoms with E-state index in [1.54, 1.807) is 42.2 Å². The second kappa shape index (κ2) is 6.67. The van der Waals surface area contributed by atoms with Crippen molar-refractivity contribution >= 4 is 11.2 Å². The summed E-state index contributed by atoms with van der Waals surface area (Å²) in [6.07, 6.45) is 5.13. The number of fused-ring (bicyclic) bond motifs is 1. The summed E-state index contributed by atoms with van der Waals surface area (Å²) in [6, 6.07) is 8.69. The van der Waals surface area contributed by atoms with Crippen molar-refractivity contribution in [2.24, 2.45) is 0 Å². The number of halogens is 2. The van der Waals surface area contributed by atoms with Crippen molar-refractivity contribution in [1.82, 2.24) is 24.1 Å². The van der Waals surface area contributed by atoms with Crippen molar-refractivity contribution in [3.63, 3.8) is 0 Å². The van der Waals surface area contributed by atoms with Crippen LogP contribution in [0.4, 0.5) is 8.78 Å². The second-order valence-electron chi connectivity index (χ2n) is 6.06. The van der Waals surface area contributed by atoms with E-state index in [9.17, 15) is 8.78 Å². The zero-order chi connectivity index (χ0) is 18.1. The van der Waals surface area contributed by atoms with Crippen LogP contribution in [0, 0.1) is 12.7 Å². The minimum absolute atomic E-state index is 0.187. The van der Waals surface area contributed by atoms with E-state index in [0.717, 1.165) is 5.52 Å². The summed E-state index contributed by atoms with van der Waals surface area (Å²) in [7, 11) is 0. The molecule has 0 aliphatic carbocycles. The molecule has 1 aromatic carbocycles. The maximum absolute atomic E-state index is 13.9. The summed E-state index contributed by atoms with van der Waals surface area (Å²) in [5.74, 6) is 1.05. The molecule has 132 valence electrons. The lowest BCUT2D eigenvalue weighted by Crippen LogP contribution is -2.11. The number of nitrogens with zero attached hydrogens (tertiary/aromatic N) is 5. The number of aryl methyl sites for hydroxylation is 2. The number of rotatable bonds is 5. The Balaban J connectivity index is 1.75. The average Bonchev–Trinajstić information content (AvgIpc) is 3.23. The highest BCUT2D eigenvalue weighted by atomic mass is 19.1. The van der Waals surface area contributed by atoms with Crippen LogP contribution >= 0.6 is 0 Å². The van der Waals surface area contributed by atoms with Crippen LogP contribution in [0.25, 0.3) is 22.6 Å². The molecule has 0 unspecified atom stereocenters. The van der Waals surface area contributed by atoms with Gasteiger partial charge in [-0.3, -0.25) is 0 Å². The van der Waals surface area contributed by atoms with Crippen LogP contribution in [-0.4, -0.2) is 30.8 Å². The Kier molecular flexibility index (Phi) is 4.20. The normalized spacial score (nSPS) is 11.3. The molecular weight excluding hydrogens is 336 g/mol. The van der Waals surface area contributed by atoms with Crippen LogP contribution in [0.15, 0.2) is 48.9 Å². The maximum atomic E-state index is 13.9. The van der Waals surface area contributed by atoms with Crippen molar-refractivity contribution in [3.05, 3.63) is 66.1 Å². The number of hydrogen-bond donors (Lipinski definition) is 0. The number of aromatic nitrogens is 5. The van der Waals surface area contributed by atoms with Gasteiger partial charge in [0.1, 0.15) is 29.7 Å². The predicted octanol–water partition coefficient (Wildman–Crippen LogP) is 3.76. The molecule has 3 aromatic heterocycles. The summed E-state index contributed by atoms with van der Waals surface area (Å²) < 4.78 is 30.6. The fourth-order valence-corrected chi connectivity index (χ4v) is 3.03. The molecule has 0 fully saturated rings. The third kappa shape index (κ3) is 2.85. The minimum atomic E-state index is -0.505. The van der Waals surface area contributed by atoms with Crippen molar-refractivity contribution in [3.8, 4) is 11.4 Å². The van der Waals surface area contributed by atoms with Crippen LogP contribution in [-0.2, 0) is 13.1 Å². The summed E-state index contributed by atoms with van der Waals surface area (Å²) >= 11 is 0. The van der Waals surface area contributed by atoms with E-state index in [4.69, 9.17) is 0 Å². The van der Waals surface area contributed by atoms with Gasteiger partial charge in [0.15, 0.2) is 5.65 Å². The SMILES string of the molecule is Cc1ccc(-c2nccn2Cc2nc3cccnc3n2CCF)cc1F. The van der Waals surface area contributed by atoms with Crippen LogP contribution in [0.3, 0.4) is 0 Å². The van der Waals surface area contributed by atoms with E-state index in [1.807, 2.05) is 16.7 Å². The molecule has 3 heterocycles. The lowest BCUT2D eigenvalue weighted by molar-refractivity contribution is 0.441. The summed E-state index contributed by atoms with van der Waals surface area (Å²) in [5, 5.41) is 0. The van der Waals surface area contributed by atoms with Gasteiger partial charge in [0.2, 0.25) is 0 Å². The quantitative estimate of drug-likeness (QED) is 0.549. The summed E-state index contributed by atoms with van der Waals surface area (Å²) in [5.41, 5.74) is 2.65. The first kappa shape index (κ1) is 16.4. The number of benzene rings is 1. The Morgan fingerprint density at radius 1 is 1.12 bits per heavy atom. The molecule has 0 spiro atoms. The van der Waals surface area contributed by atoms with Crippen molar-refractivity contribution in [2.75, 3.05) is 6.67 Å². The molecular formula is C19H17F2N5. The zero-order valence-electron chi connectivity index (χ0n) is 14.2. The van der Waals surface area contributed by atoms with Gasteiger partial charge >= 0.3 is 0 Å². The number of pyridine rings is 1. The number of alkyl halides is 1. The molecule has 0 atom stereocenters. The first-order chi connectivity index (χ1) is 12.7. The molecule has 26 heavy (non-hydrogen) atoms. The third-order valence-corrected chi connectivity index (χ3v) is 4.35. The van der Waals surface area contributed by atoms with Crippen molar-refractivity contribution in [2.45, 2.75) is 20.0 Å². The van der Waals surface area contributed by atoms with Gasteiger partial charge < -0.3 is 9.13 Å². The fourth-order valence-electron chi connectivity index (χ4n) is 3.03. The minimum Gasteiger partial charge on any atom is -0.323 e. The van der Waals surface area contributed by atoms with E-state index >= 15 is 0 Å². The molecule has 0 saturated carbocycles. The lowest BCUT2D eigenvalue weighted by Gasteiger charge is -2.10. The first-order valence-electron chi connectivity index (χ1n) is 8.31. The molecule has 0 bridgehead atoms. The number of hydrogen-bond acceptors (Lipinski definition) is 3. The average molecular weight is 353 g/mol. The van der Waals surface area contributed by atoms with Gasteiger partial charge in [-0.05, 0) is 30.7 Å². The topological polar surface area (TPSA) is 48.5 Å². The van der Waals surface area contributed by atoms with E-state index in [-0.39, 0.29) is 12.4 Å². The van der Waals surface area contributed by atoms with Crippen molar-refractivity contribution < 1.29 is 8.78 Å². The fraction of sp³-hybridized carbons (Fsp3) is 0.211. The van der Waals surface area contributed by atoms with Gasteiger partial charge in [-0.25, -0.2) is 23.7 Å². The lowest BCUT2D eigenvalue weighted by atomic mass is 10.1. The first-order valence-corrected chi connectivity index (χ1v) is 8.31. The standard InChI is InChI=1S/C19H17F2N5/c1-13-4-5-14(11-15(13)21)18-23-8-10-25(18)12-17-24-16-3-2-7-22-19(16)26(17)9-6-20/h2-5,7-8,10-11H,6,9,12H2,1H3.